The molecule has 4 heteroatoms. The molecule has 0 saturated heterocycles. The van der Waals surface area contributed by atoms with Gasteiger partial charge in [-0.05, 0) is 62.9 Å². The Balaban J connectivity index is 1.64. The summed E-state index contributed by atoms with van der Waals surface area (Å²) in [5, 5.41) is 0. The highest BCUT2D eigenvalue weighted by molar-refractivity contribution is 5.93. The second-order valence-corrected chi connectivity index (χ2v) is 7.59. The van der Waals surface area contributed by atoms with Crippen LogP contribution in [0.3, 0.4) is 0 Å². The molecule has 0 bridgehead atoms. The second kappa shape index (κ2) is 5.80. The van der Waals surface area contributed by atoms with Crippen LogP contribution < -0.4 is 15.2 Å². The predicted molar refractivity (Wildman–Crippen MR) is 96.2 cm³/mol. The second-order valence-electron chi connectivity index (χ2n) is 7.59. The van der Waals surface area contributed by atoms with Crippen molar-refractivity contribution in [2.45, 2.75) is 50.7 Å². The fourth-order valence-corrected chi connectivity index (χ4v) is 4.04. The van der Waals surface area contributed by atoms with Crippen molar-refractivity contribution in [3.63, 3.8) is 0 Å². The molecule has 25 heavy (non-hydrogen) atoms. The third-order valence-corrected chi connectivity index (χ3v) is 5.19. The fourth-order valence-electron chi connectivity index (χ4n) is 4.04. The molecule has 130 valence electrons. The third-order valence-electron chi connectivity index (χ3n) is 5.19. The zero-order valence-corrected chi connectivity index (χ0v) is 14.6. The topological polar surface area (TPSA) is 61.6 Å². The average molecular weight is 337 g/mol. The standard InChI is InChI=1S/C21H23NO3/c1-21(2)12-16(15-5-3-4-6-19(15)25-21)18-10-7-13-11-14(20(22)23)8-9-17(13)24-18/h3-6,8-9,11,16,18H,7,10,12H2,1-2H3,(H2,22,23)/t16-,18?/m0/s1. The molecule has 0 saturated carbocycles. The molecule has 0 fully saturated rings. The van der Waals surface area contributed by atoms with E-state index in [9.17, 15) is 4.79 Å². The Morgan fingerprint density at radius 1 is 1.16 bits per heavy atom. The van der Waals surface area contributed by atoms with Crippen molar-refractivity contribution >= 4 is 5.91 Å². The normalized spacial score (nSPS) is 23.6. The molecular weight excluding hydrogens is 314 g/mol. The Morgan fingerprint density at radius 3 is 2.76 bits per heavy atom. The number of benzene rings is 2. The van der Waals surface area contributed by atoms with Gasteiger partial charge in [-0.3, -0.25) is 4.79 Å². The number of hydrogen-bond donors (Lipinski definition) is 1. The van der Waals surface area contributed by atoms with Crippen LogP contribution in [0.5, 0.6) is 11.5 Å². The Labute approximate surface area is 147 Å². The van der Waals surface area contributed by atoms with Crippen molar-refractivity contribution in [1.29, 1.82) is 0 Å². The van der Waals surface area contributed by atoms with Gasteiger partial charge >= 0.3 is 0 Å². The summed E-state index contributed by atoms with van der Waals surface area (Å²) in [5.74, 6) is 1.72. The number of rotatable bonds is 2. The fraction of sp³-hybridized carbons (Fsp3) is 0.381. The Bertz CT molecular complexity index is 828. The van der Waals surface area contributed by atoms with Gasteiger partial charge in [0.1, 0.15) is 23.2 Å². The SMILES string of the molecule is CC1(C)C[C@H](C2CCc3cc(C(N)=O)ccc3O2)c2ccccc2O1. The van der Waals surface area contributed by atoms with Gasteiger partial charge in [0, 0.05) is 17.0 Å². The van der Waals surface area contributed by atoms with Gasteiger partial charge in [0.15, 0.2) is 0 Å². The summed E-state index contributed by atoms with van der Waals surface area (Å²) in [6, 6.07) is 13.7. The molecule has 0 radical (unpaired) electrons. The number of primary amides is 1. The maximum Gasteiger partial charge on any atom is 0.248 e. The monoisotopic (exact) mass is 337 g/mol. The van der Waals surface area contributed by atoms with Crippen molar-refractivity contribution in [1.82, 2.24) is 0 Å². The molecular formula is C21H23NO3. The predicted octanol–water partition coefficient (Wildman–Crippen LogP) is 3.82. The van der Waals surface area contributed by atoms with E-state index in [0.29, 0.717) is 11.5 Å². The quantitative estimate of drug-likeness (QED) is 0.906. The van der Waals surface area contributed by atoms with E-state index in [0.717, 1.165) is 36.3 Å². The van der Waals surface area contributed by atoms with Gasteiger partial charge < -0.3 is 15.2 Å². The van der Waals surface area contributed by atoms with Gasteiger partial charge in [0.2, 0.25) is 5.91 Å². The van der Waals surface area contributed by atoms with Crippen LogP contribution in [0.25, 0.3) is 0 Å². The number of ether oxygens (including phenoxy) is 2. The molecule has 2 heterocycles. The molecule has 2 atom stereocenters. The van der Waals surface area contributed by atoms with E-state index < -0.39 is 5.91 Å². The highest BCUT2D eigenvalue weighted by atomic mass is 16.5. The lowest BCUT2D eigenvalue weighted by Gasteiger charge is -2.42. The maximum absolute atomic E-state index is 11.4. The Morgan fingerprint density at radius 2 is 1.96 bits per heavy atom. The Kier molecular flexibility index (Phi) is 3.71. The molecule has 0 spiro atoms. The van der Waals surface area contributed by atoms with Crippen molar-refractivity contribution in [2.24, 2.45) is 5.73 Å². The molecule has 1 amide bonds. The summed E-state index contributed by atoms with van der Waals surface area (Å²) in [5.41, 5.74) is 8.00. The molecule has 0 aliphatic carbocycles. The number of amides is 1. The minimum Gasteiger partial charge on any atom is -0.489 e. The molecule has 2 aromatic carbocycles. The summed E-state index contributed by atoms with van der Waals surface area (Å²) in [6.45, 7) is 4.26. The number of nitrogens with two attached hydrogens (primary N) is 1. The van der Waals surface area contributed by atoms with Crippen molar-refractivity contribution in [3.05, 3.63) is 59.2 Å². The van der Waals surface area contributed by atoms with E-state index in [1.807, 2.05) is 24.3 Å². The first-order chi connectivity index (χ1) is 11.9. The first-order valence-electron chi connectivity index (χ1n) is 8.80. The highest BCUT2D eigenvalue weighted by Crippen LogP contribution is 2.45. The Hall–Kier alpha value is -2.49. The lowest BCUT2D eigenvalue weighted by molar-refractivity contribution is 0.0361. The van der Waals surface area contributed by atoms with Crippen LogP contribution in [0.15, 0.2) is 42.5 Å². The van der Waals surface area contributed by atoms with E-state index in [1.165, 1.54) is 5.56 Å². The van der Waals surface area contributed by atoms with E-state index in [1.54, 1.807) is 6.07 Å². The molecule has 1 unspecified atom stereocenters. The molecule has 4 nitrogen and oxygen atoms in total. The first-order valence-corrected chi connectivity index (χ1v) is 8.80. The van der Waals surface area contributed by atoms with Crippen molar-refractivity contribution < 1.29 is 14.3 Å². The summed E-state index contributed by atoms with van der Waals surface area (Å²) in [6.07, 6.45) is 2.84. The van der Waals surface area contributed by atoms with E-state index >= 15 is 0 Å². The number of hydrogen-bond acceptors (Lipinski definition) is 3. The lowest BCUT2D eigenvalue weighted by atomic mass is 9.78. The number of para-hydroxylation sites is 1. The minimum atomic E-state index is -0.398. The van der Waals surface area contributed by atoms with E-state index in [4.69, 9.17) is 15.2 Å². The summed E-state index contributed by atoms with van der Waals surface area (Å²) in [7, 11) is 0. The van der Waals surface area contributed by atoms with Gasteiger partial charge in [-0.15, -0.1) is 0 Å². The summed E-state index contributed by atoms with van der Waals surface area (Å²) < 4.78 is 12.5. The lowest BCUT2D eigenvalue weighted by Crippen LogP contribution is -2.41. The molecule has 2 aliphatic rings. The van der Waals surface area contributed by atoms with Gasteiger partial charge in [0.25, 0.3) is 0 Å². The summed E-state index contributed by atoms with van der Waals surface area (Å²) >= 11 is 0. The van der Waals surface area contributed by atoms with Crippen LogP contribution in [0, 0.1) is 0 Å². The van der Waals surface area contributed by atoms with Gasteiger partial charge in [0.05, 0.1) is 0 Å². The average Bonchev–Trinajstić information content (AvgIpc) is 2.59. The zero-order valence-electron chi connectivity index (χ0n) is 14.6. The van der Waals surface area contributed by atoms with Crippen molar-refractivity contribution in [2.75, 3.05) is 0 Å². The molecule has 4 rings (SSSR count). The minimum absolute atomic E-state index is 0.108. The number of carbonyl (C=O) groups is 1. The maximum atomic E-state index is 11.4. The molecule has 2 aromatic rings. The summed E-state index contributed by atoms with van der Waals surface area (Å²) in [4.78, 5) is 11.4. The molecule has 0 aromatic heterocycles. The largest absolute Gasteiger partial charge is 0.489 e. The molecule has 2 N–H and O–H groups in total. The zero-order chi connectivity index (χ0) is 17.6. The van der Waals surface area contributed by atoms with Gasteiger partial charge in [-0.2, -0.15) is 0 Å². The highest BCUT2D eigenvalue weighted by Gasteiger charge is 2.39. The van der Waals surface area contributed by atoms with Crippen LogP contribution in [0.1, 0.15) is 54.1 Å². The number of carbonyl (C=O) groups excluding carboxylic acids is 1. The first kappa shape index (κ1) is 16.0. The smallest absolute Gasteiger partial charge is 0.248 e. The van der Waals surface area contributed by atoms with Gasteiger partial charge in [-0.1, -0.05) is 18.2 Å². The van der Waals surface area contributed by atoms with Gasteiger partial charge in [-0.25, -0.2) is 0 Å². The van der Waals surface area contributed by atoms with Crippen LogP contribution in [-0.2, 0) is 6.42 Å². The van der Waals surface area contributed by atoms with Crippen LogP contribution in [-0.4, -0.2) is 17.6 Å². The molecule has 2 aliphatic heterocycles. The van der Waals surface area contributed by atoms with Crippen LogP contribution >= 0.6 is 0 Å². The van der Waals surface area contributed by atoms with E-state index in [2.05, 4.69) is 26.0 Å². The van der Waals surface area contributed by atoms with Crippen LogP contribution in [0.4, 0.5) is 0 Å². The number of fused-ring (bicyclic) bond motifs is 2. The van der Waals surface area contributed by atoms with Crippen LogP contribution in [0.2, 0.25) is 0 Å². The van der Waals surface area contributed by atoms with Crippen molar-refractivity contribution in [3.8, 4) is 11.5 Å². The number of aryl methyl sites for hydroxylation is 1. The third kappa shape index (κ3) is 2.97. The van der Waals surface area contributed by atoms with E-state index in [-0.39, 0.29) is 11.7 Å².